The third-order valence-corrected chi connectivity index (χ3v) is 3.67. The number of hydrogen-bond donors (Lipinski definition) is 2. The van der Waals surface area contributed by atoms with E-state index in [0.29, 0.717) is 16.5 Å². The molecule has 100 valence electrons. The summed E-state index contributed by atoms with van der Waals surface area (Å²) >= 11 is 12.2. The van der Waals surface area contributed by atoms with Gasteiger partial charge in [-0.15, -0.1) is 0 Å². The van der Waals surface area contributed by atoms with Gasteiger partial charge in [0.1, 0.15) is 0 Å². The maximum atomic E-state index is 6.17. The third kappa shape index (κ3) is 3.42. The van der Waals surface area contributed by atoms with Gasteiger partial charge in [0.2, 0.25) is 0 Å². The zero-order valence-electron chi connectivity index (χ0n) is 10.4. The Morgan fingerprint density at radius 3 is 2.68 bits per heavy atom. The molecule has 1 aromatic heterocycles. The summed E-state index contributed by atoms with van der Waals surface area (Å²) in [5.74, 6) is 5.58. The molecule has 0 saturated heterocycles. The van der Waals surface area contributed by atoms with Crippen molar-refractivity contribution in [3.63, 3.8) is 0 Å². The first-order chi connectivity index (χ1) is 9.11. The van der Waals surface area contributed by atoms with Crippen LogP contribution in [-0.4, -0.2) is 9.97 Å². The molecule has 0 aliphatic rings. The summed E-state index contributed by atoms with van der Waals surface area (Å²) in [6, 6.07) is 5.37. The molecule has 6 heteroatoms. The SMILES string of the molecule is Cc1cnc(C(Cc2cccc(Cl)c2Cl)NN)cn1. The number of hydrazine groups is 1. The summed E-state index contributed by atoms with van der Waals surface area (Å²) < 4.78 is 0. The van der Waals surface area contributed by atoms with E-state index in [4.69, 9.17) is 29.0 Å². The first kappa shape index (κ1) is 14.2. The number of hydrogen-bond acceptors (Lipinski definition) is 4. The van der Waals surface area contributed by atoms with Crippen molar-refractivity contribution in [2.24, 2.45) is 5.84 Å². The minimum Gasteiger partial charge on any atom is -0.271 e. The fourth-order valence-electron chi connectivity index (χ4n) is 1.76. The summed E-state index contributed by atoms with van der Waals surface area (Å²) in [7, 11) is 0. The molecule has 0 aliphatic carbocycles. The Morgan fingerprint density at radius 2 is 2.05 bits per heavy atom. The van der Waals surface area contributed by atoms with Gasteiger partial charge in [-0.25, -0.2) is 0 Å². The largest absolute Gasteiger partial charge is 0.271 e. The Morgan fingerprint density at radius 1 is 1.26 bits per heavy atom. The number of rotatable bonds is 4. The normalized spacial score (nSPS) is 12.4. The highest BCUT2D eigenvalue weighted by Gasteiger charge is 2.15. The van der Waals surface area contributed by atoms with Crippen LogP contribution in [0, 0.1) is 6.92 Å². The first-order valence-electron chi connectivity index (χ1n) is 5.79. The van der Waals surface area contributed by atoms with Crippen molar-refractivity contribution < 1.29 is 0 Å². The summed E-state index contributed by atoms with van der Waals surface area (Å²) in [5, 5.41) is 1.08. The van der Waals surface area contributed by atoms with E-state index in [9.17, 15) is 0 Å². The van der Waals surface area contributed by atoms with Crippen LogP contribution >= 0.6 is 23.2 Å². The fraction of sp³-hybridized carbons (Fsp3) is 0.231. The molecule has 0 saturated carbocycles. The summed E-state index contributed by atoms with van der Waals surface area (Å²) in [4.78, 5) is 8.53. The lowest BCUT2D eigenvalue weighted by atomic mass is 10.0. The monoisotopic (exact) mass is 296 g/mol. The zero-order valence-corrected chi connectivity index (χ0v) is 11.9. The summed E-state index contributed by atoms with van der Waals surface area (Å²) in [6.45, 7) is 1.88. The van der Waals surface area contributed by atoms with Gasteiger partial charge in [-0.05, 0) is 25.0 Å². The Bertz CT molecular complexity index is 557. The maximum Gasteiger partial charge on any atom is 0.0773 e. The predicted octanol–water partition coefficient (Wildman–Crippen LogP) is 2.84. The second kappa shape index (κ2) is 6.30. The maximum absolute atomic E-state index is 6.17. The van der Waals surface area contributed by atoms with E-state index >= 15 is 0 Å². The molecule has 1 atom stereocenters. The topological polar surface area (TPSA) is 63.8 Å². The van der Waals surface area contributed by atoms with E-state index in [1.165, 1.54) is 0 Å². The summed E-state index contributed by atoms with van der Waals surface area (Å²) in [6.07, 6.45) is 4.01. The minimum atomic E-state index is -0.163. The average Bonchev–Trinajstić information content (AvgIpc) is 2.42. The van der Waals surface area contributed by atoms with Gasteiger partial charge < -0.3 is 0 Å². The van der Waals surface area contributed by atoms with Gasteiger partial charge in [-0.1, -0.05) is 35.3 Å². The average molecular weight is 297 g/mol. The molecule has 0 fully saturated rings. The molecule has 0 bridgehead atoms. The number of benzene rings is 1. The Kier molecular flexibility index (Phi) is 4.71. The van der Waals surface area contributed by atoms with Gasteiger partial charge in [-0.2, -0.15) is 0 Å². The Balaban J connectivity index is 2.24. The molecular formula is C13H14Cl2N4. The molecule has 3 N–H and O–H groups in total. The molecule has 1 heterocycles. The number of nitrogens with two attached hydrogens (primary N) is 1. The second-order valence-corrected chi connectivity index (χ2v) is 5.00. The van der Waals surface area contributed by atoms with Crippen molar-refractivity contribution in [3.05, 3.63) is 57.6 Å². The predicted molar refractivity (Wildman–Crippen MR) is 77.0 cm³/mol. The number of aromatic nitrogens is 2. The van der Waals surface area contributed by atoms with Gasteiger partial charge in [-0.3, -0.25) is 21.2 Å². The number of aryl methyl sites for hydroxylation is 1. The number of nitrogens with zero attached hydrogens (tertiary/aromatic N) is 2. The molecule has 1 unspecified atom stereocenters. The molecule has 4 nitrogen and oxygen atoms in total. The molecule has 19 heavy (non-hydrogen) atoms. The van der Waals surface area contributed by atoms with E-state index in [-0.39, 0.29) is 6.04 Å². The van der Waals surface area contributed by atoms with Crippen molar-refractivity contribution in [1.29, 1.82) is 0 Å². The highest BCUT2D eigenvalue weighted by Crippen LogP contribution is 2.28. The summed E-state index contributed by atoms with van der Waals surface area (Å²) in [5.41, 5.74) is 5.27. The van der Waals surface area contributed by atoms with Crippen LogP contribution in [0.3, 0.4) is 0 Å². The van der Waals surface area contributed by atoms with Crippen LogP contribution in [-0.2, 0) is 6.42 Å². The fourth-order valence-corrected chi connectivity index (χ4v) is 2.15. The van der Waals surface area contributed by atoms with Crippen LogP contribution in [0.1, 0.15) is 23.0 Å². The van der Waals surface area contributed by atoms with E-state index < -0.39 is 0 Å². The molecule has 2 rings (SSSR count). The van der Waals surface area contributed by atoms with Crippen LogP contribution in [0.4, 0.5) is 0 Å². The van der Waals surface area contributed by atoms with Crippen LogP contribution in [0.5, 0.6) is 0 Å². The Hall–Kier alpha value is -1.20. The van der Waals surface area contributed by atoms with E-state index in [1.54, 1.807) is 18.5 Å². The van der Waals surface area contributed by atoms with Gasteiger partial charge in [0.15, 0.2) is 0 Å². The van der Waals surface area contributed by atoms with E-state index in [1.807, 2.05) is 19.1 Å². The zero-order chi connectivity index (χ0) is 13.8. The second-order valence-electron chi connectivity index (χ2n) is 4.22. The van der Waals surface area contributed by atoms with Gasteiger partial charge in [0.05, 0.1) is 33.7 Å². The number of halogens is 2. The lowest BCUT2D eigenvalue weighted by Gasteiger charge is -2.16. The molecular weight excluding hydrogens is 283 g/mol. The van der Waals surface area contributed by atoms with Gasteiger partial charge in [0.25, 0.3) is 0 Å². The lowest BCUT2D eigenvalue weighted by molar-refractivity contribution is 0.536. The lowest BCUT2D eigenvalue weighted by Crippen LogP contribution is -2.30. The van der Waals surface area contributed by atoms with Crippen molar-refractivity contribution in [2.75, 3.05) is 0 Å². The smallest absolute Gasteiger partial charge is 0.0773 e. The van der Waals surface area contributed by atoms with E-state index in [2.05, 4.69) is 15.4 Å². The standard InChI is InChI=1S/C13H14Cl2N4/c1-8-6-18-12(7-17-8)11(19-16)5-9-3-2-4-10(14)13(9)15/h2-4,6-7,11,19H,5,16H2,1H3. The van der Waals surface area contributed by atoms with Crippen LogP contribution in [0.25, 0.3) is 0 Å². The molecule has 2 aromatic rings. The van der Waals surface area contributed by atoms with Crippen molar-refractivity contribution in [1.82, 2.24) is 15.4 Å². The number of nitrogens with one attached hydrogen (secondary N) is 1. The molecule has 0 spiro atoms. The van der Waals surface area contributed by atoms with Crippen molar-refractivity contribution >= 4 is 23.2 Å². The highest BCUT2D eigenvalue weighted by molar-refractivity contribution is 6.42. The van der Waals surface area contributed by atoms with Crippen LogP contribution in [0.2, 0.25) is 10.0 Å². The van der Waals surface area contributed by atoms with Crippen LogP contribution < -0.4 is 11.3 Å². The molecule has 1 aromatic carbocycles. The first-order valence-corrected chi connectivity index (χ1v) is 6.55. The third-order valence-electron chi connectivity index (χ3n) is 2.81. The molecule has 0 radical (unpaired) electrons. The van der Waals surface area contributed by atoms with Crippen molar-refractivity contribution in [2.45, 2.75) is 19.4 Å². The van der Waals surface area contributed by atoms with Crippen LogP contribution in [0.15, 0.2) is 30.6 Å². The minimum absolute atomic E-state index is 0.163. The highest BCUT2D eigenvalue weighted by atomic mass is 35.5. The van der Waals surface area contributed by atoms with E-state index in [0.717, 1.165) is 17.0 Å². The Labute approximate surface area is 121 Å². The quantitative estimate of drug-likeness (QED) is 0.673. The van der Waals surface area contributed by atoms with Crippen molar-refractivity contribution in [3.8, 4) is 0 Å². The molecule has 0 aliphatic heterocycles. The molecule has 0 amide bonds. The van der Waals surface area contributed by atoms with Gasteiger partial charge in [0, 0.05) is 6.20 Å². The van der Waals surface area contributed by atoms with Gasteiger partial charge >= 0.3 is 0 Å².